The van der Waals surface area contributed by atoms with Crippen LogP contribution in [0.4, 0.5) is 0 Å². The van der Waals surface area contributed by atoms with Crippen LogP contribution >= 0.6 is 22.9 Å². The van der Waals surface area contributed by atoms with Crippen LogP contribution in [-0.2, 0) is 11.3 Å². The van der Waals surface area contributed by atoms with E-state index in [1.54, 1.807) is 17.0 Å². The summed E-state index contributed by atoms with van der Waals surface area (Å²) < 4.78 is 8.00. The maximum Gasteiger partial charge on any atom is 0.268 e. The molecule has 1 atom stereocenters. The fraction of sp³-hybridized carbons (Fsp3) is 0.308. The van der Waals surface area contributed by atoms with Crippen molar-refractivity contribution in [2.24, 2.45) is 0 Å². The van der Waals surface area contributed by atoms with E-state index >= 15 is 0 Å². The number of aliphatic hydroxyl groups excluding tert-OH is 1. The molecule has 3 N–H and O–H groups in total. The van der Waals surface area contributed by atoms with E-state index in [0.29, 0.717) is 41.1 Å². The standard InChI is InChI=1S/C26H26ClN5O4S/c27-24-8-7-23(37-24)22-12-17(30-36-22)15-32-20-6-2-1-5-16(20)11-21(32)25(34)29-14-18(33)13-19(28)26(35)31-9-3-4-10-31/h1-2,5-8,11-12,18,28,33H,3-4,9-10,13-15H2,(H,29,34). The first-order chi connectivity index (χ1) is 17.9. The Labute approximate surface area is 222 Å². The quantitative estimate of drug-likeness (QED) is 0.275. The molecule has 9 nitrogen and oxygen atoms in total. The highest BCUT2D eigenvalue weighted by atomic mass is 35.5. The highest BCUT2D eigenvalue weighted by molar-refractivity contribution is 7.19. The number of rotatable bonds is 9. The Morgan fingerprint density at radius 3 is 2.73 bits per heavy atom. The number of fused-ring (bicyclic) bond motifs is 1. The lowest BCUT2D eigenvalue weighted by molar-refractivity contribution is -0.123. The van der Waals surface area contributed by atoms with E-state index in [1.165, 1.54) is 11.3 Å². The third-order valence-electron chi connectivity index (χ3n) is 6.33. The molecule has 0 radical (unpaired) electrons. The number of benzene rings is 1. The molecule has 3 aromatic heterocycles. The van der Waals surface area contributed by atoms with Crippen LogP contribution < -0.4 is 5.32 Å². The van der Waals surface area contributed by atoms with Gasteiger partial charge in [-0.2, -0.15) is 0 Å². The van der Waals surface area contributed by atoms with Crippen molar-refractivity contribution < 1.29 is 19.2 Å². The number of aliphatic hydroxyl groups is 1. The van der Waals surface area contributed by atoms with Gasteiger partial charge in [-0.25, -0.2) is 0 Å². The summed E-state index contributed by atoms with van der Waals surface area (Å²) in [6, 6.07) is 14.9. The Balaban J connectivity index is 1.28. The van der Waals surface area contributed by atoms with Gasteiger partial charge in [0.05, 0.1) is 27.6 Å². The number of nitrogens with one attached hydrogen (secondary N) is 2. The predicted molar refractivity (Wildman–Crippen MR) is 142 cm³/mol. The van der Waals surface area contributed by atoms with E-state index in [2.05, 4.69) is 10.5 Å². The van der Waals surface area contributed by atoms with Crippen LogP contribution in [0.2, 0.25) is 4.34 Å². The first-order valence-corrected chi connectivity index (χ1v) is 13.2. The van der Waals surface area contributed by atoms with E-state index in [9.17, 15) is 14.7 Å². The molecule has 11 heteroatoms. The van der Waals surface area contributed by atoms with Crippen LogP contribution in [-0.4, -0.2) is 63.0 Å². The molecular formula is C26H26ClN5O4S. The summed E-state index contributed by atoms with van der Waals surface area (Å²) in [5, 5.41) is 26.3. The van der Waals surface area contributed by atoms with E-state index in [4.69, 9.17) is 21.5 Å². The number of aromatic nitrogens is 2. The molecule has 1 saturated heterocycles. The van der Waals surface area contributed by atoms with Crippen LogP contribution in [0.25, 0.3) is 21.5 Å². The molecule has 2 amide bonds. The smallest absolute Gasteiger partial charge is 0.268 e. The van der Waals surface area contributed by atoms with Crippen molar-refractivity contribution in [3.8, 4) is 10.6 Å². The van der Waals surface area contributed by atoms with Gasteiger partial charge < -0.3 is 24.4 Å². The monoisotopic (exact) mass is 539 g/mol. The lowest BCUT2D eigenvalue weighted by Gasteiger charge is -2.18. The van der Waals surface area contributed by atoms with E-state index < -0.39 is 6.10 Å². The second-order valence-corrected chi connectivity index (χ2v) is 10.7. The maximum absolute atomic E-state index is 13.2. The largest absolute Gasteiger partial charge is 0.391 e. The number of hydrogen-bond acceptors (Lipinski definition) is 7. The lowest BCUT2D eigenvalue weighted by Crippen LogP contribution is -2.38. The summed E-state index contributed by atoms with van der Waals surface area (Å²) in [6.45, 7) is 1.51. The van der Waals surface area contributed by atoms with E-state index in [1.807, 2.05) is 41.0 Å². The van der Waals surface area contributed by atoms with Crippen LogP contribution in [0.15, 0.2) is 53.1 Å². The Hall–Kier alpha value is -3.47. The van der Waals surface area contributed by atoms with E-state index in [-0.39, 0.29) is 30.5 Å². The molecule has 0 spiro atoms. The summed E-state index contributed by atoms with van der Waals surface area (Å²) in [5.41, 5.74) is 1.76. The molecule has 1 aliphatic heterocycles. The number of likely N-dealkylation sites (tertiary alicyclic amines) is 1. The summed E-state index contributed by atoms with van der Waals surface area (Å²) in [7, 11) is 0. The van der Waals surface area contributed by atoms with Gasteiger partial charge in [0.1, 0.15) is 11.4 Å². The number of thiophene rings is 1. The molecule has 0 aliphatic carbocycles. The molecule has 0 saturated carbocycles. The minimum Gasteiger partial charge on any atom is -0.391 e. The average molecular weight is 540 g/mol. The van der Waals surface area contributed by atoms with Crippen LogP contribution in [0.5, 0.6) is 0 Å². The minimum atomic E-state index is -1.04. The molecule has 0 bridgehead atoms. The molecule has 1 aromatic carbocycles. The van der Waals surface area contributed by atoms with Crippen LogP contribution in [0.1, 0.15) is 35.4 Å². The topological polar surface area (TPSA) is 124 Å². The zero-order chi connectivity index (χ0) is 25.9. The van der Waals surface area contributed by atoms with Crippen molar-refractivity contribution in [1.82, 2.24) is 19.9 Å². The summed E-state index contributed by atoms with van der Waals surface area (Å²) >= 11 is 7.43. The highest BCUT2D eigenvalue weighted by Gasteiger charge is 2.24. The van der Waals surface area contributed by atoms with Gasteiger partial charge in [-0.05, 0) is 37.1 Å². The van der Waals surface area contributed by atoms with Crippen molar-refractivity contribution in [3.63, 3.8) is 0 Å². The van der Waals surface area contributed by atoms with Gasteiger partial charge in [-0.3, -0.25) is 15.0 Å². The third kappa shape index (κ3) is 5.61. The number of carbonyl (C=O) groups is 2. The normalized spacial score (nSPS) is 14.3. The van der Waals surface area contributed by atoms with Gasteiger partial charge in [0, 0.05) is 43.0 Å². The molecule has 1 aliphatic rings. The highest BCUT2D eigenvalue weighted by Crippen LogP contribution is 2.32. The minimum absolute atomic E-state index is 0.0801. The van der Waals surface area contributed by atoms with Gasteiger partial charge >= 0.3 is 0 Å². The average Bonchev–Trinajstić information content (AvgIpc) is 3.69. The second-order valence-electron chi connectivity index (χ2n) is 9.01. The lowest BCUT2D eigenvalue weighted by atomic mass is 10.1. The molecule has 4 heterocycles. The van der Waals surface area contributed by atoms with E-state index in [0.717, 1.165) is 28.6 Å². The fourth-order valence-corrected chi connectivity index (χ4v) is 5.48. The summed E-state index contributed by atoms with van der Waals surface area (Å²) in [6.07, 6.45) is 0.706. The van der Waals surface area contributed by atoms with Crippen molar-refractivity contribution in [2.45, 2.75) is 31.9 Å². The molecule has 192 valence electrons. The molecule has 37 heavy (non-hydrogen) atoms. The SMILES string of the molecule is N=C(CC(O)CNC(=O)c1cc2ccccc2n1Cc1cc(-c2ccc(Cl)s2)on1)C(=O)N1CCCC1. The zero-order valence-electron chi connectivity index (χ0n) is 19.9. The van der Waals surface area contributed by atoms with Crippen LogP contribution in [0, 0.1) is 5.41 Å². The van der Waals surface area contributed by atoms with Gasteiger partial charge in [-0.15, -0.1) is 11.3 Å². The summed E-state index contributed by atoms with van der Waals surface area (Å²) in [5.74, 6) is -0.121. The Kier molecular flexibility index (Phi) is 7.40. The Bertz CT molecular complexity index is 1450. The van der Waals surface area contributed by atoms with Crippen molar-refractivity contribution >= 4 is 51.4 Å². The molecule has 1 fully saturated rings. The number of halogens is 1. The molecule has 5 rings (SSSR count). The van der Waals surface area contributed by atoms with Crippen molar-refractivity contribution in [2.75, 3.05) is 19.6 Å². The maximum atomic E-state index is 13.2. The number of carbonyl (C=O) groups excluding carboxylic acids is 2. The van der Waals surface area contributed by atoms with Gasteiger partial charge in [0.25, 0.3) is 11.8 Å². The fourth-order valence-electron chi connectivity index (χ4n) is 4.49. The first kappa shape index (κ1) is 25.2. The number of amides is 2. The first-order valence-electron chi connectivity index (χ1n) is 12.0. The number of nitrogens with zero attached hydrogens (tertiary/aromatic N) is 3. The number of hydrogen-bond donors (Lipinski definition) is 3. The molecule has 1 unspecified atom stereocenters. The van der Waals surface area contributed by atoms with Gasteiger partial charge in [0.2, 0.25) is 0 Å². The Morgan fingerprint density at radius 1 is 1.19 bits per heavy atom. The van der Waals surface area contributed by atoms with Crippen molar-refractivity contribution in [1.29, 1.82) is 5.41 Å². The summed E-state index contributed by atoms with van der Waals surface area (Å²) in [4.78, 5) is 28.0. The van der Waals surface area contributed by atoms with Gasteiger partial charge in [0.15, 0.2) is 5.76 Å². The number of para-hydroxylation sites is 1. The van der Waals surface area contributed by atoms with Gasteiger partial charge in [-0.1, -0.05) is 35.0 Å². The zero-order valence-corrected chi connectivity index (χ0v) is 21.5. The second kappa shape index (κ2) is 10.9. The van der Waals surface area contributed by atoms with Crippen LogP contribution in [0.3, 0.4) is 0 Å². The Morgan fingerprint density at radius 2 is 1.97 bits per heavy atom. The third-order valence-corrected chi connectivity index (χ3v) is 7.57. The predicted octanol–water partition coefficient (Wildman–Crippen LogP) is 4.18. The molecular weight excluding hydrogens is 514 g/mol. The van der Waals surface area contributed by atoms with Crippen molar-refractivity contribution in [3.05, 3.63) is 64.3 Å². The molecule has 4 aromatic rings.